The minimum atomic E-state index is -0.404. The summed E-state index contributed by atoms with van der Waals surface area (Å²) in [6.07, 6.45) is 7.11. The van der Waals surface area contributed by atoms with Gasteiger partial charge in [0, 0.05) is 16.5 Å². The zero-order valence-electron chi connectivity index (χ0n) is 29.8. The van der Waals surface area contributed by atoms with Crippen molar-refractivity contribution in [3.05, 3.63) is 203 Å². The van der Waals surface area contributed by atoms with Crippen LogP contribution in [0, 0.1) is 0 Å². The Morgan fingerprint density at radius 2 is 1.04 bits per heavy atom. The minimum Gasteiger partial charge on any atom is -0.279 e. The van der Waals surface area contributed by atoms with Crippen molar-refractivity contribution in [1.82, 2.24) is 9.97 Å². The quantitative estimate of drug-likeness (QED) is 0.186. The Balaban J connectivity index is 1.24. The fourth-order valence-electron chi connectivity index (χ4n) is 9.79. The van der Waals surface area contributed by atoms with E-state index in [9.17, 15) is 0 Å². The molecule has 1 unspecified atom stereocenters. The number of nitrogens with zero attached hydrogens (tertiary/aromatic N) is 3. The Hall–Kier alpha value is -6.32. The SMILES string of the molecule is CC1(C)c2ccccc2N(c2nc(-c3ccccc3)cc(-c3ccccc3)n2)c2cc3c(cc21)-c1ccccc1C31C2=CCCC=C2c2ccccc21. The molecule has 1 aromatic heterocycles. The summed E-state index contributed by atoms with van der Waals surface area (Å²) in [5.74, 6) is 0.670. The number of allylic oxidation sites excluding steroid dienone is 4. The molecule has 3 nitrogen and oxygen atoms in total. The van der Waals surface area contributed by atoms with Crippen molar-refractivity contribution < 1.29 is 0 Å². The maximum Gasteiger partial charge on any atom is 0.235 e. The maximum atomic E-state index is 5.42. The predicted molar refractivity (Wildman–Crippen MR) is 217 cm³/mol. The lowest BCUT2D eigenvalue weighted by atomic mass is 9.68. The first-order valence-corrected chi connectivity index (χ1v) is 18.7. The molecule has 1 atom stereocenters. The number of anilines is 3. The van der Waals surface area contributed by atoms with Gasteiger partial charge in [0.15, 0.2) is 0 Å². The normalized spacial score (nSPS) is 18.3. The van der Waals surface area contributed by atoms with Crippen LogP contribution in [0.3, 0.4) is 0 Å². The summed E-state index contributed by atoms with van der Waals surface area (Å²) in [6, 6.07) is 55.2. The summed E-state index contributed by atoms with van der Waals surface area (Å²) in [5.41, 5.74) is 18.9. The van der Waals surface area contributed by atoms with E-state index in [0.29, 0.717) is 5.95 Å². The third kappa shape index (κ3) is 4.11. The number of hydrogen-bond donors (Lipinski definition) is 0. The average molecular weight is 680 g/mol. The van der Waals surface area contributed by atoms with Gasteiger partial charge in [0.1, 0.15) is 0 Å². The first-order chi connectivity index (χ1) is 26.0. The highest BCUT2D eigenvalue weighted by Gasteiger charge is 2.54. The highest BCUT2D eigenvalue weighted by Crippen LogP contribution is 2.66. The molecule has 0 saturated carbocycles. The van der Waals surface area contributed by atoms with Crippen LogP contribution in [-0.2, 0) is 10.8 Å². The Kier molecular flexibility index (Phi) is 6.34. The smallest absolute Gasteiger partial charge is 0.235 e. The Labute approximate surface area is 310 Å². The van der Waals surface area contributed by atoms with E-state index in [1.54, 1.807) is 0 Å². The van der Waals surface area contributed by atoms with E-state index in [0.717, 1.165) is 46.7 Å². The zero-order chi connectivity index (χ0) is 35.3. The second kappa shape index (κ2) is 11.1. The Bertz CT molecular complexity index is 2640. The van der Waals surface area contributed by atoms with Crippen LogP contribution in [0.25, 0.3) is 39.2 Å². The van der Waals surface area contributed by atoms with Gasteiger partial charge < -0.3 is 0 Å². The largest absolute Gasteiger partial charge is 0.279 e. The standard InChI is InChI=1S/C50H37N3/c1-49(2)41-27-15-16-28-46(41)53(48-51-44(32-17-5-3-6-18-32)31-45(52-48)33-19-7-4-8-20-33)47-30-42-37(29-43(47)49)36-23-11-14-26-40(36)50(42)38-24-12-9-21-34(38)35-22-10-13-25-39(35)50/h3-9,11-12,14-31H,10,13H2,1-2H3. The van der Waals surface area contributed by atoms with Crippen molar-refractivity contribution in [2.45, 2.75) is 37.5 Å². The molecule has 7 aromatic rings. The summed E-state index contributed by atoms with van der Waals surface area (Å²) in [7, 11) is 0. The topological polar surface area (TPSA) is 29.0 Å². The lowest BCUT2D eigenvalue weighted by Gasteiger charge is -2.42. The van der Waals surface area contributed by atoms with Crippen molar-refractivity contribution in [2.24, 2.45) is 0 Å². The molecule has 53 heavy (non-hydrogen) atoms. The second-order valence-electron chi connectivity index (χ2n) is 15.2. The van der Waals surface area contributed by atoms with Crippen molar-refractivity contribution >= 4 is 22.9 Å². The van der Waals surface area contributed by atoms with Crippen LogP contribution < -0.4 is 4.90 Å². The first kappa shape index (κ1) is 30.3. The van der Waals surface area contributed by atoms with Gasteiger partial charge in [-0.25, -0.2) is 9.97 Å². The molecule has 252 valence electrons. The number of hydrogen-bond acceptors (Lipinski definition) is 3. The van der Waals surface area contributed by atoms with Crippen LogP contribution in [0.5, 0.6) is 0 Å². The Morgan fingerprint density at radius 1 is 0.472 bits per heavy atom. The van der Waals surface area contributed by atoms with E-state index in [-0.39, 0.29) is 5.41 Å². The molecule has 0 fully saturated rings. The highest BCUT2D eigenvalue weighted by molar-refractivity contribution is 6.02. The van der Waals surface area contributed by atoms with Crippen LogP contribution in [-0.4, -0.2) is 9.97 Å². The molecule has 0 saturated heterocycles. The molecule has 0 N–H and O–H groups in total. The van der Waals surface area contributed by atoms with E-state index in [2.05, 4.69) is 183 Å². The second-order valence-corrected chi connectivity index (χ2v) is 15.2. The van der Waals surface area contributed by atoms with Crippen LogP contribution in [0.1, 0.15) is 60.1 Å². The van der Waals surface area contributed by atoms with Gasteiger partial charge in [0.05, 0.1) is 28.2 Å². The van der Waals surface area contributed by atoms with Gasteiger partial charge in [-0.1, -0.05) is 153 Å². The molecule has 3 heteroatoms. The van der Waals surface area contributed by atoms with Crippen LogP contribution >= 0.6 is 0 Å². The van der Waals surface area contributed by atoms with E-state index in [1.807, 2.05) is 0 Å². The number of aromatic nitrogens is 2. The van der Waals surface area contributed by atoms with Gasteiger partial charge in [-0.2, -0.15) is 0 Å². The van der Waals surface area contributed by atoms with Gasteiger partial charge in [-0.05, 0) is 92.8 Å². The summed E-state index contributed by atoms with van der Waals surface area (Å²) in [5, 5.41) is 0. The van der Waals surface area contributed by atoms with E-state index < -0.39 is 5.41 Å². The molecule has 11 rings (SSSR count). The van der Waals surface area contributed by atoms with Crippen LogP contribution in [0.4, 0.5) is 17.3 Å². The summed E-state index contributed by atoms with van der Waals surface area (Å²) in [4.78, 5) is 13.2. The number of rotatable bonds is 3. The maximum absolute atomic E-state index is 5.42. The molecule has 6 aromatic carbocycles. The van der Waals surface area contributed by atoms with Crippen molar-refractivity contribution in [3.63, 3.8) is 0 Å². The summed E-state index contributed by atoms with van der Waals surface area (Å²) >= 11 is 0. The van der Waals surface area contributed by atoms with E-state index >= 15 is 0 Å². The monoisotopic (exact) mass is 679 g/mol. The molecule has 4 aliphatic rings. The van der Waals surface area contributed by atoms with Gasteiger partial charge in [0.2, 0.25) is 5.95 Å². The van der Waals surface area contributed by atoms with Gasteiger partial charge in [-0.15, -0.1) is 0 Å². The zero-order valence-corrected chi connectivity index (χ0v) is 29.8. The molecule has 2 heterocycles. The molecule has 0 radical (unpaired) electrons. The fraction of sp³-hybridized carbons (Fsp3) is 0.120. The van der Waals surface area contributed by atoms with Gasteiger partial charge in [0.25, 0.3) is 0 Å². The molecule has 1 spiro atoms. The van der Waals surface area contributed by atoms with E-state index in [4.69, 9.17) is 9.97 Å². The minimum absolute atomic E-state index is 0.274. The predicted octanol–water partition coefficient (Wildman–Crippen LogP) is 12.4. The van der Waals surface area contributed by atoms with Crippen molar-refractivity contribution in [3.8, 4) is 33.6 Å². The first-order valence-electron chi connectivity index (χ1n) is 18.7. The number of para-hydroxylation sites is 1. The molecule has 0 bridgehead atoms. The highest BCUT2D eigenvalue weighted by atomic mass is 15.3. The molecular weight excluding hydrogens is 643 g/mol. The van der Waals surface area contributed by atoms with Crippen molar-refractivity contribution in [2.75, 3.05) is 4.90 Å². The third-order valence-corrected chi connectivity index (χ3v) is 12.1. The summed E-state index contributed by atoms with van der Waals surface area (Å²) in [6.45, 7) is 4.74. The molecular formula is C50H37N3. The van der Waals surface area contributed by atoms with Crippen molar-refractivity contribution in [1.29, 1.82) is 0 Å². The molecule has 0 amide bonds. The lowest BCUT2D eigenvalue weighted by Crippen LogP contribution is -2.32. The summed E-state index contributed by atoms with van der Waals surface area (Å²) < 4.78 is 0. The van der Waals surface area contributed by atoms with Gasteiger partial charge >= 0.3 is 0 Å². The number of benzene rings is 6. The average Bonchev–Trinajstić information content (AvgIpc) is 3.68. The number of fused-ring (bicyclic) bond motifs is 12. The van der Waals surface area contributed by atoms with Gasteiger partial charge in [-0.3, -0.25) is 4.90 Å². The fourth-order valence-corrected chi connectivity index (χ4v) is 9.79. The van der Waals surface area contributed by atoms with Crippen LogP contribution in [0.2, 0.25) is 0 Å². The third-order valence-electron chi connectivity index (χ3n) is 12.1. The van der Waals surface area contributed by atoms with E-state index in [1.165, 1.54) is 55.7 Å². The molecule has 1 aliphatic heterocycles. The molecule has 3 aliphatic carbocycles. The Morgan fingerprint density at radius 3 is 1.74 bits per heavy atom. The lowest BCUT2D eigenvalue weighted by molar-refractivity contribution is 0.630. The van der Waals surface area contributed by atoms with Crippen LogP contribution in [0.15, 0.2) is 169 Å².